The average molecular weight is 411 g/mol. The van der Waals surface area contributed by atoms with Crippen LogP contribution < -0.4 is 11.1 Å². The van der Waals surface area contributed by atoms with Crippen LogP contribution in [0.2, 0.25) is 5.02 Å². The molecule has 4 aromatic rings. The number of nitrogens with zero attached hydrogens (tertiary/aromatic N) is 1. The Labute approximate surface area is 171 Å². The number of aromatic nitrogens is 2. The normalized spacial score (nSPS) is 12.2. The molecule has 0 saturated heterocycles. The maximum absolute atomic E-state index is 13.0. The standard InChI is InChI=1S/C21H19ClN4OS/c22-16-3-1-2-14(11-16)18(12-23)26-21(27)19-15(6-9-28-19)10-13-4-7-24-20-17(13)5-8-25-20/h1-9,11,18H,10,12,23H2,(H,24,25)(H,26,27)/t18-/m1/s1. The molecule has 0 unspecified atom stereocenters. The van der Waals surface area contributed by atoms with Crippen LogP contribution in [0.4, 0.5) is 0 Å². The van der Waals surface area contributed by atoms with E-state index in [1.54, 1.807) is 12.3 Å². The van der Waals surface area contributed by atoms with E-state index in [1.165, 1.54) is 11.3 Å². The van der Waals surface area contributed by atoms with Gasteiger partial charge in [-0.3, -0.25) is 4.79 Å². The van der Waals surface area contributed by atoms with Gasteiger partial charge in [-0.2, -0.15) is 0 Å². The number of carbonyl (C=O) groups is 1. The minimum atomic E-state index is -0.293. The molecule has 4 rings (SSSR count). The van der Waals surface area contributed by atoms with Crippen LogP contribution in [0.3, 0.4) is 0 Å². The minimum Gasteiger partial charge on any atom is -0.346 e. The molecule has 28 heavy (non-hydrogen) atoms. The summed E-state index contributed by atoms with van der Waals surface area (Å²) in [4.78, 5) is 21.1. The quantitative estimate of drug-likeness (QED) is 0.443. The number of halogens is 1. The molecule has 0 aliphatic carbocycles. The Morgan fingerprint density at radius 3 is 2.96 bits per heavy atom. The number of fused-ring (bicyclic) bond motifs is 1. The van der Waals surface area contributed by atoms with Crippen molar-refractivity contribution in [2.45, 2.75) is 12.5 Å². The van der Waals surface area contributed by atoms with E-state index in [1.807, 2.05) is 48.0 Å². The van der Waals surface area contributed by atoms with Gasteiger partial charge >= 0.3 is 0 Å². The predicted octanol–water partition coefficient (Wildman–Crippen LogP) is 4.30. The smallest absolute Gasteiger partial charge is 0.262 e. The SMILES string of the molecule is NC[C@@H](NC(=O)c1sccc1Cc1ccnc2[nH]ccc12)c1cccc(Cl)c1. The largest absolute Gasteiger partial charge is 0.346 e. The molecular formula is C21H19ClN4OS. The van der Waals surface area contributed by atoms with Gasteiger partial charge in [-0.05, 0) is 58.8 Å². The molecule has 0 spiro atoms. The molecule has 7 heteroatoms. The van der Waals surface area contributed by atoms with Crippen molar-refractivity contribution >= 4 is 39.9 Å². The Morgan fingerprint density at radius 1 is 1.25 bits per heavy atom. The molecule has 4 N–H and O–H groups in total. The number of rotatable bonds is 6. The first-order valence-electron chi connectivity index (χ1n) is 8.89. The van der Waals surface area contributed by atoms with E-state index in [0.29, 0.717) is 22.9 Å². The molecule has 0 bridgehead atoms. The zero-order valence-electron chi connectivity index (χ0n) is 15.0. The molecule has 1 aromatic carbocycles. The van der Waals surface area contributed by atoms with Crippen molar-refractivity contribution in [3.63, 3.8) is 0 Å². The highest BCUT2D eigenvalue weighted by molar-refractivity contribution is 7.12. The topological polar surface area (TPSA) is 83.8 Å². The molecular weight excluding hydrogens is 392 g/mol. The highest BCUT2D eigenvalue weighted by atomic mass is 35.5. The number of carbonyl (C=O) groups excluding carboxylic acids is 1. The molecule has 3 aromatic heterocycles. The van der Waals surface area contributed by atoms with E-state index in [2.05, 4.69) is 15.3 Å². The summed E-state index contributed by atoms with van der Waals surface area (Å²) in [6.07, 6.45) is 4.32. The van der Waals surface area contributed by atoms with Gasteiger partial charge in [0.1, 0.15) is 5.65 Å². The third-order valence-electron chi connectivity index (χ3n) is 4.68. The van der Waals surface area contributed by atoms with Crippen molar-refractivity contribution < 1.29 is 4.79 Å². The van der Waals surface area contributed by atoms with Gasteiger partial charge in [-0.1, -0.05) is 23.7 Å². The maximum Gasteiger partial charge on any atom is 0.262 e. The summed E-state index contributed by atoms with van der Waals surface area (Å²) in [5.41, 5.74) is 9.76. The highest BCUT2D eigenvalue weighted by Gasteiger charge is 2.19. The zero-order chi connectivity index (χ0) is 19.5. The highest BCUT2D eigenvalue weighted by Crippen LogP contribution is 2.25. The van der Waals surface area contributed by atoms with Crippen LogP contribution in [0.15, 0.2) is 60.2 Å². The fraction of sp³-hybridized carbons (Fsp3) is 0.143. The number of H-pyrrole nitrogens is 1. The molecule has 0 saturated carbocycles. The summed E-state index contributed by atoms with van der Waals surface area (Å²) >= 11 is 7.51. The Morgan fingerprint density at radius 2 is 2.14 bits per heavy atom. The molecule has 0 radical (unpaired) electrons. The van der Waals surface area contributed by atoms with Crippen molar-refractivity contribution in [1.29, 1.82) is 0 Å². The van der Waals surface area contributed by atoms with Crippen molar-refractivity contribution in [1.82, 2.24) is 15.3 Å². The third kappa shape index (κ3) is 3.80. The van der Waals surface area contributed by atoms with Gasteiger partial charge in [0.05, 0.1) is 10.9 Å². The molecule has 1 amide bonds. The molecule has 0 aliphatic rings. The maximum atomic E-state index is 13.0. The fourth-order valence-electron chi connectivity index (χ4n) is 3.28. The first-order valence-corrected chi connectivity index (χ1v) is 10.1. The van der Waals surface area contributed by atoms with Crippen LogP contribution in [0.5, 0.6) is 0 Å². The van der Waals surface area contributed by atoms with Crippen LogP contribution in [-0.4, -0.2) is 22.4 Å². The lowest BCUT2D eigenvalue weighted by molar-refractivity contribution is 0.0941. The molecule has 1 atom stereocenters. The average Bonchev–Trinajstić information content (AvgIpc) is 3.35. The van der Waals surface area contributed by atoms with Gasteiger partial charge < -0.3 is 16.0 Å². The van der Waals surface area contributed by atoms with E-state index in [-0.39, 0.29) is 11.9 Å². The van der Waals surface area contributed by atoms with E-state index in [9.17, 15) is 4.79 Å². The van der Waals surface area contributed by atoms with Crippen LogP contribution in [0.1, 0.15) is 32.4 Å². The second kappa shape index (κ2) is 8.14. The lowest BCUT2D eigenvalue weighted by Crippen LogP contribution is -2.33. The first-order chi connectivity index (χ1) is 13.7. The lowest BCUT2D eigenvalue weighted by atomic mass is 10.0. The summed E-state index contributed by atoms with van der Waals surface area (Å²) < 4.78 is 0. The number of benzene rings is 1. The second-order valence-electron chi connectivity index (χ2n) is 6.48. The zero-order valence-corrected chi connectivity index (χ0v) is 16.6. The second-order valence-corrected chi connectivity index (χ2v) is 7.83. The first kappa shape index (κ1) is 18.7. The summed E-state index contributed by atoms with van der Waals surface area (Å²) in [5, 5.41) is 6.67. The van der Waals surface area contributed by atoms with E-state index < -0.39 is 0 Å². The van der Waals surface area contributed by atoms with Gasteiger partial charge in [0.25, 0.3) is 5.91 Å². The number of aromatic amines is 1. The van der Waals surface area contributed by atoms with E-state index >= 15 is 0 Å². The fourth-order valence-corrected chi connectivity index (χ4v) is 4.30. The van der Waals surface area contributed by atoms with Crippen molar-refractivity contribution in [2.24, 2.45) is 5.73 Å². The molecule has 142 valence electrons. The van der Waals surface area contributed by atoms with Gasteiger partial charge in [0.2, 0.25) is 0 Å². The minimum absolute atomic E-state index is 0.125. The number of amides is 1. The third-order valence-corrected chi connectivity index (χ3v) is 5.87. The number of hydrogen-bond acceptors (Lipinski definition) is 4. The van der Waals surface area contributed by atoms with Crippen LogP contribution in [0.25, 0.3) is 11.0 Å². The molecule has 0 aliphatic heterocycles. The van der Waals surface area contributed by atoms with Gasteiger partial charge in [0.15, 0.2) is 0 Å². The Kier molecular flexibility index (Phi) is 5.43. The Balaban J connectivity index is 1.56. The van der Waals surface area contributed by atoms with E-state index in [4.69, 9.17) is 17.3 Å². The number of nitrogens with one attached hydrogen (secondary N) is 2. The van der Waals surface area contributed by atoms with Crippen LogP contribution >= 0.6 is 22.9 Å². The lowest BCUT2D eigenvalue weighted by Gasteiger charge is -2.17. The van der Waals surface area contributed by atoms with Crippen molar-refractivity contribution in [3.8, 4) is 0 Å². The number of thiophene rings is 1. The van der Waals surface area contributed by atoms with Crippen LogP contribution in [-0.2, 0) is 6.42 Å². The Hall–Kier alpha value is -2.67. The van der Waals surface area contributed by atoms with Crippen molar-refractivity contribution in [2.75, 3.05) is 6.54 Å². The Bertz CT molecular complexity index is 1120. The van der Waals surface area contributed by atoms with Crippen LogP contribution in [0, 0.1) is 0 Å². The number of pyridine rings is 1. The van der Waals surface area contributed by atoms with Crippen molar-refractivity contribution in [3.05, 3.63) is 86.8 Å². The predicted molar refractivity (Wildman–Crippen MR) is 114 cm³/mol. The molecule has 5 nitrogen and oxygen atoms in total. The summed E-state index contributed by atoms with van der Waals surface area (Å²) in [6.45, 7) is 0.293. The van der Waals surface area contributed by atoms with Gasteiger partial charge in [-0.25, -0.2) is 4.98 Å². The summed E-state index contributed by atoms with van der Waals surface area (Å²) in [6, 6.07) is 13.1. The number of nitrogens with two attached hydrogens (primary N) is 1. The van der Waals surface area contributed by atoms with Gasteiger partial charge in [0, 0.05) is 29.3 Å². The van der Waals surface area contributed by atoms with Gasteiger partial charge in [-0.15, -0.1) is 11.3 Å². The summed E-state index contributed by atoms with van der Waals surface area (Å²) in [5.74, 6) is -0.125. The van der Waals surface area contributed by atoms with E-state index in [0.717, 1.165) is 27.7 Å². The monoisotopic (exact) mass is 410 g/mol. The molecule has 3 heterocycles. The number of hydrogen-bond donors (Lipinski definition) is 3. The molecule has 0 fully saturated rings. The summed E-state index contributed by atoms with van der Waals surface area (Å²) in [7, 11) is 0.